The maximum Gasteiger partial charge on any atom is 0.407 e. The first kappa shape index (κ1) is 22.3. The van der Waals surface area contributed by atoms with E-state index in [1.54, 1.807) is 0 Å². The van der Waals surface area contributed by atoms with E-state index < -0.39 is 11.7 Å². The topological polar surface area (TPSA) is 67.4 Å². The molecule has 0 heterocycles. The van der Waals surface area contributed by atoms with Gasteiger partial charge in [0, 0.05) is 30.8 Å². The first-order valence-electron chi connectivity index (χ1n) is 10.7. The van der Waals surface area contributed by atoms with E-state index in [1.807, 2.05) is 45.0 Å². The molecule has 5 heteroatoms. The fraction of sp³-hybridized carbons (Fsp3) is 0.652. The molecule has 28 heavy (non-hydrogen) atoms. The van der Waals surface area contributed by atoms with Crippen LogP contribution in [0.15, 0.2) is 24.3 Å². The monoisotopic (exact) mass is 388 g/mol. The van der Waals surface area contributed by atoms with Gasteiger partial charge in [0.05, 0.1) is 0 Å². The molecule has 1 fully saturated rings. The van der Waals surface area contributed by atoms with Crippen LogP contribution in [0.3, 0.4) is 0 Å². The third-order valence-corrected chi connectivity index (χ3v) is 5.05. The Kier molecular flexibility index (Phi) is 8.81. The summed E-state index contributed by atoms with van der Waals surface area (Å²) in [5.41, 5.74) is 1.11. The first-order chi connectivity index (χ1) is 13.3. The third kappa shape index (κ3) is 8.77. The van der Waals surface area contributed by atoms with Crippen LogP contribution < -0.4 is 10.6 Å². The van der Waals surface area contributed by atoms with Crippen molar-refractivity contribution in [1.29, 1.82) is 0 Å². The zero-order chi connectivity index (χ0) is 20.4. The summed E-state index contributed by atoms with van der Waals surface area (Å²) in [6, 6.07) is 7.62. The lowest BCUT2D eigenvalue weighted by molar-refractivity contribution is 0.0527. The van der Waals surface area contributed by atoms with Gasteiger partial charge in [0.15, 0.2) is 5.78 Å². The van der Waals surface area contributed by atoms with E-state index in [0.29, 0.717) is 5.56 Å². The molecule has 1 aromatic rings. The second kappa shape index (κ2) is 11.1. The summed E-state index contributed by atoms with van der Waals surface area (Å²) in [4.78, 5) is 24.0. The quantitative estimate of drug-likeness (QED) is 0.429. The van der Waals surface area contributed by atoms with Gasteiger partial charge >= 0.3 is 6.09 Å². The number of anilines is 1. The Hall–Kier alpha value is -2.04. The summed E-state index contributed by atoms with van der Waals surface area (Å²) in [6.07, 6.45) is 9.20. The summed E-state index contributed by atoms with van der Waals surface area (Å²) in [6.45, 7) is 6.64. The van der Waals surface area contributed by atoms with E-state index in [9.17, 15) is 9.59 Å². The number of ketones is 1. The number of carbonyl (C=O) groups excluding carboxylic acids is 2. The van der Waals surface area contributed by atoms with Crippen molar-refractivity contribution in [2.45, 2.75) is 77.7 Å². The van der Waals surface area contributed by atoms with Crippen LogP contribution in [0.4, 0.5) is 10.5 Å². The van der Waals surface area contributed by atoms with Crippen molar-refractivity contribution in [2.75, 3.05) is 18.4 Å². The zero-order valence-electron chi connectivity index (χ0n) is 17.7. The molecule has 0 saturated heterocycles. The Labute approximate surface area is 169 Å². The van der Waals surface area contributed by atoms with Gasteiger partial charge in [-0.15, -0.1) is 0 Å². The smallest absolute Gasteiger partial charge is 0.407 e. The normalized spacial score (nSPS) is 15.1. The van der Waals surface area contributed by atoms with Crippen molar-refractivity contribution < 1.29 is 14.3 Å². The average Bonchev–Trinajstić information content (AvgIpc) is 2.65. The van der Waals surface area contributed by atoms with Gasteiger partial charge in [0.2, 0.25) is 0 Å². The van der Waals surface area contributed by atoms with Crippen molar-refractivity contribution >= 4 is 17.6 Å². The molecule has 1 saturated carbocycles. The molecule has 2 rings (SSSR count). The molecule has 1 amide bonds. The molecule has 2 N–H and O–H groups in total. The maximum absolute atomic E-state index is 12.4. The van der Waals surface area contributed by atoms with Crippen molar-refractivity contribution in [2.24, 2.45) is 5.92 Å². The van der Waals surface area contributed by atoms with Crippen molar-refractivity contribution in [1.82, 2.24) is 5.32 Å². The predicted molar refractivity (Wildman–Crippen MR) is 114 cm³/mol. The van der Waals surface area contributed by atoms with Gasteiger partial charge in [-0.3, -0.25) is 4.79 Å². The van der Waals surface area contributed by atoms with Gasteiger partial charge in [-0.25, -0.2) is 4.79 Å². The van der Waals surface area contributed by atoms with Crippen molar-refractivity contribution in [3.8, 4) is 0 Å². The minimum atomic E-state index is -0.537. The molecule has 1 aromatic carbocycles. The van der Waals surface area contributed by atoms with E-state index in [2.05, 4.69) is 10.6 Å². The number of hydrogen-bond acceptors (Lipinski definition) is 4. The number of rotatable bonds is 9. The summed E-state index contributed by atoms with van der Waals surface area (Å²) < 4.78 is 5.17. The molecule has 0 aliphatic heterocycles. The average molecular weight is 389 g/mol. The second-order valence-electron chi connectivity index (χ2n) is 8.76. The summed E-state index contributed by atoms with van der Waals surface area (Å²) in [5.74, 6) is 0.919. The number of ether oxygens (including phenoxy) is 1. The number of benzene rings is 1. The molecule has 0 aromatic heterocycles. The predicted octanol–water partition coefficient (Wildman–Crippen LogP) is 5.56. The highest BCUT2D eigenvalue weighted by Gasteiger charge is 2.16. The fourth-order valence-electron chi connectivity index (χ4n) is 3.64. The minimum Gasteiger partial charge on any atom is -0.444 e. The summed E-state index contributed by atoms with van der Waals surface area (Å²) >= 11 is 0. The number of carbonyl (C=O) groups is 2. The molecule has 0 atom stereocenters. The highest BCUT2D eigenvalue weighted by atomic mass is 16.6. The van der Waals surface area contributed by atoms with Crippen LogP contribution in [0.25, 0.3) is 0 Å². The Morgan fingerprint density at radius 1 is 1.11 bits per heavy atom. The number of nitrogens with one attached hydrogen (secondary N) is 2. The summed E-state index contributed by atoms with van der Waals surface area (Å²) in [7, 11) is 0. The van der Waals surface area contributed by atoms with Gasteiger partial charge in [-0.2, -0.15) is 0 Å². The van der Waals surface area contributed by atoms with Crippen LogP contribution in [0.1, 0.15) is 82.5 Å². The van der Waals surface area contributed by atoms with Gasteiger partial charge in [-0.1, -0.05) is 44.2 Å². The SMILES string of the molecule is CC(C)(C)OC(=O)NCCC(=O)c1cccc(NCCCC2CCCCC2)c1. The Morgan fingerprint density at radius 2 is 1.86 bits per heavy atom. The lowest BCUT2D eigenvalue weighted by Crippen LogP contribution is -2.33. The summed E-state index contributed by atoms with van der Waals surface area (Å²) in [5, 5.41) is 6.07. The van der Waals surface area contributed by atoms with E-state index in [4.69, 9.17) is 4.74 Å². The minimum absolute atomic E-state index is 0.0157. The third-order valence-electron chi connectivity index (χ3n) is 5.05. The molecule has 1 aliphatic carbocycles. The molecule has 0 unspecified atom stereocenters. The Bertz CT molecular complexity index is 631. The van der Waals surface area contributed by atoms with Gasteiger partial charge in [0.25, 0.3) is 0 Å². The number of hydrogen-bond donors (Lipinski definition) is 2. The first-order valence-corrected chi connectivity index (χ1v) is 10.7. The van der Waals surface area contributed by atoms with Crippen LogP contribution in [0.2, 0.25) is 0 Å². The Balaban J connectivity index is 1.69. The van der Waals surface area contributed by atoms with E-state index in [0.717, 1.165) is 18.2 Å². The molecule has 5 nitrogen and oxygen atoms in total. The van der Waals surface area contributed by atoms with Crippen LogP contribution >= 0.6 is 0 Å². The van der Waals surface area contributed by atoms with Crippen LogP contribution in [-0.4, -0.2) is 30.6 Å². The number of Topliss-reactive ketones (excluding diaryl/α,β-unsaturated/α-hetero) is 1. The lowest BCUT2D eigenvalue weighted by atomic mass is 9.86. The second-order valence-corrected chi connectivity index (χ2v) is 8.76. The lowest BCUT2D eigenvalue weighted by Gasteiger charge is -2.21. The fourth-order valence-corrected chi connectivity index (χ4v) is 3.64. The standard InChI is InChI=1S/C23H36N2O3/c1-23(2,3)28-22(27)25-16-14-21(26)19-12-7-13-20(17-19)24-15-8-11-18-9-5-4-6-10-18/h7,12-13,17-18,24H,4-6,8-11,14-16H2,1-3H3,(H,25,27). The molecular formula is C23H36N2O3. The molecule has 0 bridgehead atoms. The largest absolute Gasteiger partial charge is 0.444 e. The molecular weight excluding hydrogens is 352 g/mol. The molecule has 0 spiro atoms. The van der Waals surface area contributed by atoms with Crippen molar-refractivity contribution in [3.05, 3.63) is 29.8 Å². The van der Waals surface area contributed by atoms with Crippen molar-refractivity contribution in [3.63, 3.8) is 0 Å². The highest BCUT2D eigenvalue weighted by Crippen LogP contribution is 2.27. The number of alkyl carbamates (subject to hydrolysis) is 1. The maximum atomic E-state index is 12.4. The van der Waals surface area contributed by atoms with E-state index >= 15 is 0 Å². The van der Waals surface area contributed by atoms with Crippen LogP contribution in [0, 0.1) is 5.92 Å². The Morgan fingerprint density at radius 3 is 2.57 bits per heavy atom. The van der Waals surface area contributed by atoms with Gasteiger partial charge < -0.3 is 15.4 Å². The van der Waals surface area contributed by atoms with Gasteiger partial charge in [-0.05, 0) is 51.7 Å². The van der Waals surface area contributed by atoms with Crippen LogP contribution in [0.5, 0.6) is 0 Å². The van der Waals surface area contributed by atoms with E-state index in [1.165, 1.54) is 44.9 Å². The number of amides is 1. The van der Waals surface area contributed by atoms with Crippen LogP contribution in [-0.2, 0) is 4.74 Å². The molecule has 1 aliphatic rings. The van der Waals surface area contributed by atoms with E-state index in [-0.39, 0.29) is 18.7 Å². The van der Waals surface area contributed by atoms with Gasteiger partial charge in [0.1, 0.15) is 5.60 Å². The zero-order valence-corrected chi connectivity index (χ0v) is 17.7. The molecule has 156 valence electrons. The highest BCUT2D eigenvalue weighted by molar-refractivity contribution is 5.97. The molecule has 0 radical (unpaired) electrons.